The molecule has 1 saturated carbocycles. The summed E-state index contributed by atoms with van der Waals surface area (Å²) in [6, 6.07) is 6.30. The van der Waals surface area contributed by atoms with Crippen molar-refractivity contribution in [2.75, 3.05) is 31.2 Å². The van der Waals surface area contributed by atoms with Gasteiger partial charge in [0, 0.05) is 36.1 Å². The van der Waals surface area contributed by atoms with Crippen LogP contribution in [0.3, 0.4) is 0 Å². The SMILES string of the molecule is CC(=O)c1ccc(NCCN(C)C2CCCC2)cc1N. The normalized spacial score (nSPS) is 15.8. The molecule has 1 fully saturated rings. The molecule has 0 unspecified atom stereocenters. The molecule has 1 aliphatic rings. The number of nitrogens with zero attached hydrogens (tertiary/aromatic N) is 1. The predicted molar refractivity (Wildman–Crippen MR) is 84.2 cm³/mol. The van der Waals surface area contributed by atoms with E-state index in [1.165, 1.54) is 32.6 Å². The van der Waals surface area contributed by atoms with Crippen molar-refractivity contribution in [3.8, 4) is 0 Å². The third-order valence-corrected chi connectivity index (χ3v) is 4.17. The summed E-state index contributed by atoms with van der Waals surface area (Å²) in [6.07, 6.45) is 5.39. The Hall–Kier alpha value is -1.55. The number of anilines is 2. The van der Waals surface area contributed by atoms with Crippen LogP contribution in [0, 0.1) is 0 Å². The second-order valence-corrected chi connectivity index (χ2v) is 5.70. The van der Waals surface area contributed by atoms with Gasteiger partial charge in [0.15, 0.2) is 5.78 Å². The third kappa shape index (κ3) is 3.73. The van der Waals surface area contributed by atoms with Crippen LogP contribution in [-0.2, 0) is 0 Å². The number of carbonyl (C=O) groups is 1. The number of Topliss-reactive ketones (excluding diaryl/α,β-unsaturated/α-hetero) is 1. The van der Waals surface area contributed by atoms with Crippen LogP contribution < -0.4 is 11.1 Å². The van der Waals surface area contributed by atoms with Crippen molar-refractivity contribution in [3.63, 3.8) is 0 Å². The van der Waals surface area contributed by atoms with Gasteiger partial charge in [-0.2, -0.15) is 0 Å². The minimum atomic E-state index is 0.00927. The van der Waals surface area contributed by atoms with Crippen molar-refractivity contribution in [2.45, 2.75) is 38.6 Å². The van der Waals surface area contributed by atoms with E-state index in [4.69, 9.17) is 5.73 Å². The van der Waals surface area contributed by atoms with Gasteiger partial charge in [0.1, 0.15) is 0 Å². The van der Waals surface area contributed by atoms with E-state index >= 15 is 0 Å². The molecule has 0 spiro atoms. The molecule has 0 amide bonds. The molecular weight excluding hydrogens is 250 g/mol. The molecule has 0 bridgehead atoms. The largest absolute Gasteiger partial charge is 0.398 e. The van der Waals surface area contributed by atoms with Crippen LogP contribution in [0.5, 0.6) is 0 Å². The highest BCUT2D eigenvalue weighted by Crippen LogP contribution is 2.22. The van der Waals surface area contributed by atoms with Crippen molar-refractivity contribution >= 4 is 17.2 Å². The number of carbonyl (C=O) groups excluding carboxylic acids is 1. The number of nitrogens with one attached hydrogen (secondary N) is 1. The zero-order valence-corrected chi connectivity index (χ0v) is 12.5. The van der Waals surface area contributed by atoms with Gasteiger partial charge in [-0.1, -0.05) is 12.8 Å². The summed E-state index contributed by atoms with van der Waals surface area (Å²) >= 11 is 0. The summed E-state index contributed by atoms with van der Waals surface area (Å²) in [5.74, 6) is 0.00927. The highest BCUT2D eigenvalue weighted by molar-refractivity contribution is 5.99. The van der Waals surface area contributed by atoms with Gasteiger partial charge in [0.2, 0.25) is 0 Å². The molecule has 0 heterocycles. The first-order valence-corrected chi connectivity index (χ1v) is 7.42. The summed E-state index contributed by atoms with van der Waals surface area (Å²) in [5, 5.41) is 3.37. The van der Waals surface area contributed by atoms with E-state index in [1.807, 2.05) is 12.1 Å². The van der Waals surface area contributed by atoms with Crippen LogP contribution in [0.2, 0.25) is 0 Å². The maximum Gasteiger partial charge on any atom is 0.161 e. The molecule has 1 aromatic carbocycles. The average molecular weight is 275 g/mol. The number of hydrogen-bond donors (Lipinski definition) is 2. The Kier molecular flexibility index (Phi) is 5.01. The van der Waals surface area contributed by atoms with Crippen LogP contribution in [0.25, 0.3) is 0 Å². The lowest BCUT2D eigenvalue weighted by molar-refractivity contribution is 0.101. The second kappa shape index (κ2) is 6.75. The molecule has 110 valence electrons. The molecule has 1 aromatic rings. The van der Waals surface area contributed by atoms with Crippen molar-refractivity contribution in [1.29, 1.82) is 0 Å². The zero-order chi connectivity index (χ0) is 14.5. The van der Waals surface area contributed by atoms with E-state index in [-0.39, 0.29) is 5.78 Å². The predicted octanol–water partition coefficient (Wildman–Crippen LogP) is 2.76. The minimum Gasteiger partial charge on any atom is -0.398 e. The fraction of sp³-hybridized carbons (Fsp3) is 0.562. The molecule has 4 nitrogen and oxygen atoms in total. The Morgan fingerprint density at radius 1 is 1.40 bits per heavy atom. The highest BCUT2D eigenvalue weighted by atomic mass is 16.1. The summed E-state index contributed by atoms with van der Waals surface area (Å²) in [6.45, 7) is 3.46. The van der Waals surface area contributed by atoms with Gasteiger partial charge >= 0.3 is 0 Å². The molecule has 0 aromatic heterocycles. The standard InChI is InChI=1S/C16H25N3O/c1-12(20)15-8-7-13(11-16(15)17)18-9-10-19(2)14-5-3-4-6-14/h7-8,11,14,18H,3-6,9-10,17H2,1-2H3. The lowest BCUT2D eigenvalue weighted by Crippen LogP contribution is -2.33. The number of benzene rings is 1. The maximum absolute atomic E-state index is 11.3. The van der Waals surface area contributed by atoms with Crippen LogP contribution in [0.4, 0.5) is 11.4 Å². The molecule has 0 aliphatic heterocycles. The van der Waals surface area contributed by atoms with E-state index in [9.17, 15) is 4.79 Å². The Bertz CT molecular complexity index is 467. The Labute approximate surface area is 121 Å². The molecule has 2 rings (SSSR count). The second-order valence-electron chi connectivity index (χ2n) is 5.70. The van der Waals surface area contributed by atoms with E-state index in [1.54, 1.807) is 6.07 Å². The van der Waals surface area contributed by atoms with Gasteiger partial charge in [0.05, 0.1) is 0 Å². The van der Waals surface area contributed by atoms with Crippen LogP contribution in [0.1, 0.15) is 43.0 Å². The van der Waals surface area contributed by atoms with E-state index < -0.39 is 0 Å². The number of rotatable bonds is 6. The first-order valence-electron chi connectivity index (χ1n) is 7.42. The molecule has 0 atom stereocenters. The number of nitrogen functional groups attached to an aromatic ring is 1. The Morgan fingerprint density at radius 2 is 2.10 bits per heavy atom. The first-order chi connectivity index (χ1) is 9.58. The first kappa shape index (κ1) is 14.9. The number of ketones is 1. The Morgan fingerprint density at radius 3 is 2.70 bits per heavy atom. The Balaban J connectivity index is 1.82. The van der Waals surface area contributed by atoms with Crippen LogP contribution in [-0.4, -0.2) is 36.9 Å². The maximum atomic E-state index is 11.3. The van der Waals surface area contributed by atoms with E-state index in [0.717, 1.165) is 24.8 Å². The summed E-state index contributed by atoms with van der Waals surface area (Å²) < 4.78 is 0. The van der Waals surface area contributed by atoms with Gasteiger partial charge in [-0.3, -0.25) is 4.79 Å². The number of likely N-dealkylation sites (N-methyl/N-ethyl adjacent to an activating group) is 1. The molecule has 1 aliphatic carbocycles. The van der Waals surface area contributed by atoms with Crippen molar-refractivity contribution in [3.05, 3.63) is 23.8 Å². The quantitative estimate of drug-likeness (QED) is 0.619. The topological polar surface area (TPSA) is 58.4 Å². The van der Waals surface area contributed by atoms with Gasteiger partial charge < -0.3 is 16.0 Å². The molecular formula is C16H25N3O. The van der Waals surface area contributed by atoms with Crippen molar-refractivity contribution in [2.24, 2.45) is 0 Å². The minimum absolute atomic E-state index is 0.00927. The number of hydrogen-bond acceptors (Lipinski definition) is 4. The van der Waals surface area contributed by atoms with Gasteiger partial charge in [-0.05, 0) is 45.0 Å². The van der Waals surface area contributed by atoms with Crippen molar-refractivity contribution in [1.82, 2.24) is 4.90 Å². The van der Waals surface area contributed by atoms with Gasteiger partial charge in [-0.15, -0.1) is 0 Å². The van der Waals surface area contributed by atoms with Gasteiger partial charge in [0.25, 0.3) is 0 Å². The fourth-order valence-electron chi connectivity index (χ4n) is 2.90. The molecule has 20 heavy (non-hydrogen) atoms. The summed E-state index contributed by atoms with van der Waals surface area (Å²) in [4.78, 5) is 13.8. The molecule has 4 heteroatoms. The third-order valence-electron chi connectivity index (χ3n) is 4.17. The fourth-order valence-corrected chi connectivity index (χ4v) is 2.90. The van der Waals surface area contributed by atoms with Crippen LogP contribution in [0.15, 0.2) is 18.2 Å². The number of nitrogens with two attached hydrogens (primary N) is 1. The summed E-state index contributed by atoms with van der Waals surface area (Å²) in [5.41, 5.74) is 8.00. The lowest BCUT2D eigenvalue weighted by Gasteiger charge is -2.24. The van der Waals surface area contributed by atoms with Gasteiger partial charge in [-0.25, -0.2) is 0 Å². The van der Waals surface area contributed by atoms with Crippen LogP contribution >= 0.6 is 0 Å². The molecule has 0 saturated heterocycles. The smallest absolute Gasteiger partial charge is 0.161 e. The summed E-state index contributed by atoms with van der Waals surface area (Å²) in [7, 11) is 2.20. The monoisotopic (exact) mass is 275 g/mol. The molecule has 3 N–H and O–H groups in total. The van der Waals surface area contributed by atoms with E-state index in [2.05, 4.69) is 17.3 Å². The highest BCUT2D eigenvalue weighted by Gasteiger charge is 2.18. The average Bonchev–Trinajstić information content (AvgIpc) is 2.92. The van der Waals surface area contributed by atoms with Crippen molar-refractivity contribution < 1.29 is 4.79 Å². The van der Waals surface area contributed by atoms with E-state index in [0.29, 0.717) is 11.3 Å². The zero-order valence-electron chi connectivity index (χ0n) is 12.5. The molecule has 0 radical (unpaired) electrons. The lowest BCUT2D eigenvalue weighted by atomic mass is 10.1.